The number of nitro benzene ring substituents is 1. The summed E-state index contributed by atoms with van der Waals surface area (Å²) in [6, 6.07) is 13.7. The lowest BCUT2D eigenvalue weighted by molar-refractivity contribution is -0.385. The Hall–Kier alpha value is -3.55. The van der Waals surface area contributed by atoms with E-state index in [1.54, 1.807) is 0 Å². The summed E-state index contributed by atoms with van der Waals surface area (Å²) in [5, 5.41) is 13.4. The van der Waals surface area contributed by atoms with Crippen LogP contribution in [-0.4, -0.2) is 35.2 Å². The lowest BCUT2D eigenvalue weighted by Crippen LogP contribution is -2.43. The number of ether oxygens (including phenoxy) is 1. The number of ketones is 1. The number of amides is 1. The molecule has 2 aromatic carbocycles. The number of nitrogens with one attached hydrogen (secondary N) is 1. The minimum absolute atomic E-state index is 0.239. The minimum atomic E-state index is -0.986. The number of nitro groups is 1. The number of hydrogen-bond acceptors (Lipinski definition) is 6. The van der Waals surface area contributed by atoms with Gasteiger partial charge in [-0.2, -0.15) is 0 Å². The van der Waals surface area contributed by atoms with E-state index in [-0.39, 0.29) is 11.3 Å². The zero-order valence-electron chi connectivity index (χ0n) is 14.6. The fraction of sp³-hybridized carbons (Fsp3) is 0.211. The lowest BCUT2D eigenvalue weighted by atomic mass is 10.0. The minimum Gasteiger partial charge on any atom is -0.452 e. The summed E-state index contributed by atoms with van der Waals surface area (Å²) in [6.07, 6.45) is 0.306. The van der Waals surface area contributed by atoms with Crippen molar-refractivity contribution in [1.82, 2.24) is 5.32 Å². The number of hydrogen-bond donors (Lipinski definition) is 1. The van der Waals surface area contributed by atoms with Gasteiger partial charge in [-0.3, -0.25) is 19.7 Å². The van der Waals surface area contributed by atoms with E-state index in [4.69, 9.17) is 4.74 Å². The summed E-state index contributed by atoms with van der Waals surface area (Å²) in [7, 11) is 0. The molecule has 0 aliphatic heterocycles. The van der Waals surface area contributed by atoms with Gasteiger partial charge in [-0.1, -0.05) is 42.5 Å². The van der Waals surface area contributed by atoms with Gasteiger partial charge in [-0.15, -0.1) is 0 Å². The second-order valence-electron chi connectivity index (χ2n) is 5.77. The molecule has 0 saturated carbocycles. The van der Waals surface area contributed by atoms with Crippen molar-refractivity contribution >= 4 is 23.3 Å². The molecule has 27 heavy (non-hydrogen) atoms. The molecule has 2 aromatic rings. The van der Waals surface area contributed by atoms with Crippen LogP contribution in [0.2, 0.25) is 0 Å². The van der Waals surface area contributed by atoms with Gasteiger partial charge in [0.2, 0.25) is 0 Å². The first-order valence-corrected chi connectivity index (χ1v) is 8.12. The predicted octanol–water partition coefficient (Wildman–Crippen LogP) is 2.07. The molecule has 0 saturated heterocycles. The van der Waals surface area contributed by atoms with Gasteiger partial charge in [0.1, 0.15) is 5.56 Å². The van der Waals surface area contributed by atoms with Crippen LogP contribution in [0.4, 0.5) is 5.69 Å². The molecule has 0 radical (unpaired) electrons. The normalized spacial score (nSPS) is 11.3. The first kappa shape index (κ1) is 19.8. The highest BCUT2D eigenvalue weighted by Crippen LogP contribution is 2.18. The fourth-order valence-corrected chi connectivity index (χ4v) is 2.40. The van der Waals surface area contributed by atoms with Crippen LogP contribution in [0.1, 0.15) is 22.8 Å². The number of para-hydroxylation sites is 1. The van der Waals surface area contributed by atoms with Crippen molar-refractivity contribution in [2.75, 3.05) is 6.61 Å². The molecule has 1 amide bonds. The van der Waals surface area contributed by atoms with Gasteiger partial charge >= 0.3 is 5.97 Å². The average Bonchev–Trinajstić information content (AvgIpc) is 2.66. The lowest BCUT2D eigenvalue weighted by Gasteiger charge is -2.16. The van der Waals surface area contributed by atoms with Crippen molar-refractivity contribution in [2.45, 2.75) is 19.4 Å². The Kier molecular flexibility index (Phi) is 6.76. The largest absolute Gasteiger partial charge is 0.452 e. The molecule has 1 N–H and O–H groups in total. The van der Waals surface area contributed by atoms with E-state index in [2.05, 4.69) is 5.32 Å². The van der Waals surface area contributed by atoms with E-state index >= 15 is 0 Å². The molecule has 0 spiro atoms. The third-order valence-electron chi connectivity index (χ3n) is 3.76. The van der Waals surface area contributed by atoms with E-state index in [9.17, 15) is 24.5 Å². The zero-order valence-corrected chi connectivity index (χ0v) is 14.6. The van der Waals surface area contributed by atoms with Crippen LogP contribution in [0.5, 0.6) is 0 Å². The van der Waals surface area contributed by atoms with Crippen LogP contribution in [0, 0.1) is 10.1 Å². The number of benzene rings is 2. The van der Waals surface area contributed by atoms with Crippen molar-refractivity contribution < 1.29 is 24.0 Å². The van der Waals surface area contributed by atoms with Crippen LogP contribution in [-0.2, 0) is 20.7 Å². The average molecular weight is 370 g/mol. The molecular formula is C19H18N2O6. The second kappa shape index (κ2) is 9.23. The highest BCUT2D eigenvalue weighted by atomic mass is 16.6. The van der Waals surface area contributed by atoms with Gasteiger partial charge < -0.3 is 10.1 Å². The van der Waals surface area contributed by atoms with Crippen molar-refractivity contribution in [1.29, 1.82) is 0 Å². The van der Waals surface area contributed by atoms with Gasteiger partial charge in [0.05, 0.1) is 11.0 Å². The smallest absolute Gasteiger partial charge is 0.345 e. The van der Waals surface area contributed by atoms with Crippen molar-refractivity contribution in [3.05, 3.63) is 75.8 Å². The molecule has 8 nitrogen and oxygen atoms in total. The Morgan fingerprint density at radius 3 is 2.33 bits per heavy atom. The zero-order chi connectivity index (χ0) is 19.8. The quantitative estimate of drug-likeness (QED) is 0.432. The van der Waals surface area contributed by atoms with Crippen LogP contribution in [0.25, 0.3) is 0 Å². The Morgan fingerprint density at radius 1 is 1.07 bits per heavy atom. The molecule has 0 fully saturated rings. The standard InChI is InChI=1S/C19H18N2O6/c1-13(22)16(11-14-7-3-2-4-8-14)20-18(23)12-27-19(24)15-9-5-6-10-17(15)21(25)26/h2-10,16H,11-12H2,1H3,(H,20,23)/t16-/m0/s1. The van der Waals surface area contributed by atoms with Crippen molar-refractivity contribution in [2.24, 2.45) is 0 Å². The third-order valence-corrected chi connectivity index (χ3v) is 3.76. The van der Waals surface area contributed by atoms with Crippen molar-refractivity contribution in [3.8, 4) is 0 Å². The van der Waals surface area contributed by atoms with Gasteiger partial charge in [-0.25, -0.2) is 4.79 Å². The Morgan fingerprint density at radius 2 is 1.70 bits per heavy atom. The van der Waals surface area contributed by atoms with Gasteiger partial charge in [0, 0.05) is 6.07 Å². The molecule has 0 aromatic heterocycles. The van der Waals surface area contributed by atoms with Crippen LogP contribution in [0.15, 0.2) is 54.6 Å². The number of nitrogens with zero attached hydrogens (tertiary/aromatic N) is 1. The van der Waals surface area contributed by atoms with Gasteiger partial charge in [0.25, 0.3) is 11.6 Å². The summed E-state index contributed by atoms with van der Waals surface area (Å²) in [5.41, 5.74) is 0.214. The number of esters is 1. The first-order chi connectivity index (χ1) is 12.9. The Bertz CT molecular complexity index is 850. The molecule has 2 rings (SSSR count). The second-order valence-corrected chi connectivity index (χ2v) is 5.77. The molecule has 140 valence electrons. The SMILES string of the molecule is CC(=O)[C@H](Cc1ccccc1)NC(=O)COC(=O)c1ccccc1[N+](=O)[O-]. The summed E-state index contributed by atoms with van der Waals surface area (Å²) in [6.45, 7) is 0.705. The molecule has 0 heterocycles. The topological polar surface area (TPSA) is 116 Å². The predicted molar refractivity (Wildman–Crippen MR) is 96.1 cm³/mol. The van der Waals surface area contributed by atoms with E-state index in [0.717, 1.165) is 5.56 Å². The molecule has 8 heteroatoms. The van der Waals surface area contributed by atoms with Crippen LogP contribution < -0.4 is 5.32 Å². The Labute approximate surface area is 155 Å². The highest BCUT2D eigenvalue weighted by Gasteiger charge is 2.22. The number of carbonyl (C=O) groups is 3. The summed E-state index contributed by atoms with van der Waals surface area (Å²) < 4.78 is 4.84. The monoisotopic (exact) mass is 370 g/mol. The van der Waals surface area contributed by atoms with Gasteiger partial charge in [-0.05, 0) is 25.0 Å². The number of carbonyl (C=O) groups excluding carboxylic acids is 3. The van der Waals surface area contributed by atoms with E-state index in [1.165, 1.54) is 31.2 Å². The van der Waals surface area contributed by atoms with Gasteiger partial charge in [0.15, 0.2) is 12.4 Å². The maximum atomic E-state index is 12.0. The van der Waals surface area contributed by atoms with Crippen LogP contribution >= 0.6 is 0 Å². The van der Waals surface area contributed by atoms with E-state index in [1.807, 2.05) is 30.3 Å². The molecule has 1 atom stereocenters. The van der Waals surface area contributed by atoms with Crippen molar-refractivity contribution in [3.63, 3.8) is 0 Å². The van der Waals surface area contributed by atoms with E-state index in [0.29, 0.717) is 6.42 Å². The highest BCUT2D eigenvalue weighted by molar-refractivity contribution is 5.95. The summed E-state index contributed by atoms with van der Waals surface area (Å²) in [4.78, 5) is 46.0. The Balaban J connectivity index is 1.95. The molecular weight excluding hydrogens is 352 g/mol. The molecule has 0 aliphatic rings. The molecule has 0 bridgehead atoms. The maximum Gasteiger partial charge on any atom is 0.345 e. The molecule has 0 unspecified atom stereocenters. The maximum absolute atomic E-state index is 12.0. The summed E-state index contributed by atoms with van der Waals surface area (Å²) in [5.74, 6) is -1.89. The molecule has 0 aliphatic carbocycles. The van der Waals surface area contributed by atoms with Crippen LogP contribution in [0.3, 0.4) is 0 Å². The third kappa shape index (κ3) is 5.74. The number of Topliss-reactive ketones (excluding diaryl/α,β-unsaturated/α-hetero) is 1. The number of rotatable bonds is 8. The first-order valence-electron chi connectivity index (χ1n) is 8.12. The van der Waals surface area contributed by atoms with E-state index < -0.39 is 35.1 Å². The fourth-order valence-electron chi connectivity index (χ4n) is 2.40. The summed E-state index contributed by atoms with van der Waals surface area (Å²) >= 11 is 0.